The van der Waals surface area contributed by atoms with Gasteiger partial charge >= 0.3 is 19.3 Å². The predicted octanol–water partition coefficient (Wildman–Crippen LogP) is 5.23. The quantitative estimate of drug-likeness (QED) is 0.306. The first-order chi connectivity index (χ1) is 26.1. The number of nitrogens with one attached hydrogen (secondary N) is 2. The predicted molar refractivity (Wildman–Crippen MR) is 204 cm³/mol. The number of nitrogens with zero attached hydrogens (tertiary/aromatic N) is 2. The van der Waals surface area contributed by atoms with E-state index in [-0.39, 0.29) is 42.9 Å². The Hall–Kier alpha value is -3.36. The highest BCUT2D eigenvalue weighted by atomic mass is 16.7. The summed E-state index contributed by atoms with van der Waals surface area (Å²) in [7, 11) is -0.625. The normalized spacial score (nSPS) is 30.8. The van der Waals surface area contributed by atoms with Gasteiger partial charge in [-0.15, -0.1) is 0 Å². The van der Waals surface area contributed by atoms with Gasteiger partial charge in [0.15, 0.2) is 0 Å². The molecule has 8 rings (SSSR count). The zero-order chi connectivity index (χ0) is 39.3. The van der Waals surface area contributed by atoms with Crippen molar-refractivity contribution in [2.75, 3.05) is 26.4 Å². The van der Waals surface area contributed by atoms with Crippen LogP contribution in [-0.4, -0.2) is 103 Å². The minimum atomic E-state index is -1.02. The number of fused-ring (bicyclic) bond motifs is 1. The van der Waals surface area contributed by atoms with Gasteiger partial charge < -0.3 is 39.1 Å². The molecule has 6 fully saturated rings. The summed E-state index contributed by atoms with van der Waals surface area (Å²) < 4.78 is 30.5. The number of carbonyl (C=O) groups is 4. The van der Waals surface area contributed by atoms with E-state index in [0.29, 0.717) is 44.6 Å². The van der Waals surface area contributed by atoms with Gasteiger partial charge in [-0.2, -0.15) is 0 Å². The lowest BCUT2D eigenvalue weighted by molar-refractivity contribution is -0.199. The molecule has 8 atom stereocenters. The zero-order valence-electron chi connectivity index (χ0n) is 33.8. The second-order valence-corrected chi connectivity index (χ2v) is 18.7. The summed E-state index contributed by atoms with van der Waals surface area (Å²) in [5, 5.41) is 6.05. The number of rotatable bonds is 10. The van der Waals surface area contributed by atoms with E-state index in [1.54, 1.807) is 4.90 Å². The smallest absolute Gasteiger partial charge is 0.449 e. The van der Waals surface area contributed by atoms with Crippen molar-refractivity contribution in [1.82, 2.24) is 20.4 Å². The summed E-state index contributed by atoms with van der Waals surface area (Å²) in [6, 6.07) is 5.91. The van der Waals surface area contributed by atoms with Crippen LogP contribution in [0.25, 0.3) is 0 Å². The number of hydrogen-bond donors (Lipinski definition) is 2. The van der Waals surface area contributed by atoms with Crippen molar-refractivity contribution >= 4 is 31.1 Å². The van der Waals surface area contributed by atoms with Crippen LogP contribution in [0.3, 0.4) is 0 Å². The molecule has 2 bridgehead atoms. The Kier molecular flexibility index (Phi) is 11.3. The third-order valence-corrected chi connectivity index (χ3v) is 13.6. The molecule has 0 aromatic heterocycles. The summed E-state index contributed by atoms with van der Waals surface area (Å²) in [6.45, 7) is 16.8. The molecule has 0 spiro atoms. The second-order valence-electron chi connectivity index (χ2n) is 18.7. The molecule has 2 N–H and O–H groups in total. The molecule has 0 radical (unpaired) electrons. The number of benzene rings is 1. The van der Waals surface area contributed by atoms with Crippen LogP contribution in [0.15, 0.2) is 24.3 Å². The van der Waals surface area contributed by atoms with Gasteiger partial charge in [0.1, 0.15) is 18.2 Å². The van der Waals surface area contributed by atoms with Crippen LogP contribution in [-0.2, 0) is 46.2 Å². The van der Waals surface area contributed by atoms with E-state index < -0.39 is 60.4 Å². The van der Waals surface area contributed by atoms with Gasteiger partial charge in [-0.3, -0.25) is 14.5 Å². The highest BCUT2D eigenvalue weighted by Crippen LogP contribution is 2.65. The average molecular weight is 765 g/mol. The molecule has 7 aliphatic rings. The molecule has 3 saturated heterocycles. The monoisotopic (exact) mass is 764 g/mol. The van der Waals surface area contributed by atoms with Crippen LogP contribution in [0.1, 0.15) is 105 Å². The van der Waals surface area contributed by atoms with E-state index >= 15 is 0 Å². The van der Waals surface area contributed by atoms with E-state index in [2.05, 4.69) is 38.3 Å². The van der Waals surface area contributed by atoms with Crippen LogP contribution >= 0.6 is 0 Å². The minimum absolute atomic E-state index is 0.00198. The van der Waals surface area contributed by atoms with Crippen molar-refractivity contribution in [1.29, 1.82) is 0 Å². The largest absolute Gasteiger partial charge is 0.481 e. The fourth-order valence-corrected chi connectivity index (χ4v) is 10.1. The van der Waals surface area contributed by atoms with Gasteiger partial charge in [0.25, 0.3) is 0 Å². The summed E-state index contributed by atoms with van der Waals surface area (Å²) in [4.78, 5) is 58.9. The zero-order valence-corrected chi connectivity index (χ0v) is 33.8. The van der Waals surface area contributed by atoms with Gasteiger partial charge in [-0.1, -0.05) is 72.2 Å². The maximum absolute atomic E-state index is 14.6. The number of likely N-dealkylation sites (tertiary alicyclic amines) is 1. The van der Waals surface area contributed by atoms with Crippen molar-refractivity contribution in [2.45, 2.75) is 142 Å². The molecule has 0 unspecified atom stereocenters. The Balaban J connectivity index is 1.07. The topological polar surface area (TPSA) is 145 Å². The highest BCUT2D eigenvalue weighted by Gasteiger charge is 2.68. The molecule has 3 aliphatic carbocycles. The van der Waals surface area contributed by atoms with Crippen molar-refractivity contribution < 1.29 is 42.7 Å². The number of hydrogen-bond acceptors (Lipinski definition) is 9. The number of ether oxygens (including phenoxy) is 3. The molecule has 4 amide bonds. The summed E-state index contributed by atoms with van der Waals surface area (Å²) >= 11 is 0. The summed E-state index contributed by atoms with van der Waals surface area (Å²) in [5.41, 5.74) is 1.14. The van der Waals surface area contributed by atoms with Crippen LogP contribution in [0, 0.1) is 28.6 Å². The van der Waals surface area contributed by atoms with Crippen molar-refractivity contribution in [2.24, 2.45) is 28.6 Å². The molecular formula is C41H61BN4O9. The Morgan fingerprint density at radius 2 is 1.69 bits per heavy atom. The van der Waals surface area contributed by atoms with Gasteiger partial charge in [0.2, 0.25) is 11.8 Å². The fourth-order valence-electron chi connectivity index (χ4n) is 10.1. The number of alkyl carbamates (subject to hydrolysis) is 1. The van der Waals surface area contributed by atoms with Crippen LogP contribution in [0.2, 0.25) is 0 Å². The first-order valence-corrected chi connectivity index (χ1v) is 20.6. The van der Waals surface area contributed by atoms with Crippen LogP contribution in [0.5, 0.6) is 0 Å². The van der Waals surface area contributed by atoms with Crippen molar-refractivity contribution in [3.63, 3.8) is 0 Å². The Morgan fingerprint density at radius 1 is 1.00 bits per heavy atom. The van der Waals surface area contributed by atoms with Gasteiger partial charge in [-0.25, -0.2) is 9.59 Å². The SMILES string of the molecule is CCC[C@H](NC(=O)[C@@H]1C[C@@H](OC(=O)N2Cc3ccccc3C2)CN1C(=O)[C@@H](NC(=O)OCC1CCOCC1)C(C)(C)C)B1O[C@@H]2C[C@H]3C[C@H](C3(C)C)[C@]2(C)O1. The molecule has 14 heteroatoms. The fraction of sp³-hybridized carbons (Fsp3) is 0.756. The first-order valence-electron chi connectivity index (χ1n) is 20.6. The molecule has 13 nitrogen and oxygen atoms in total. The second kappa shape index (κ2) is 15.5. The standard InChI is InChI=1S/C41H61BN4O9/c1-8-11-33(42-54-32-19-28-18-31(40(28,5)6)41(32,7)55-42)43-35(47)30-20-29(53-38(50)45-21-26-12-9-10-13-27(26)22-45)23-46(30)36(48)34(39(2,3)4)44-37(49)52-24-25-14-16-51-17-15-25/h9-10,12-13,25,28-34H,8,11,14-24H2,1-7H3,(H,43,47)(H,44,49)/t28-,29-,30+,31-,32-,33+,34-,41+/m1/s1. The third kappa shape index (κ3) is 7.97. The molecular weight excluding hydrogens is 703 g/mol. The van der Waals surface area contributed by atoms with Crippen molar-refractivity contribution in [3.05, 3.63) is 35.4 Å². The Labute approximate surface area is 326 Å². The molecule has 3 saturated carbocycles. The molecule has 4 heterocycles. The number of carbonyl (C=O) groups excluding carboxylic acids is 4. The van der Waals surface area contributed by atoms with E-state index in [0.717, 1.165) is 43.2 Å². The molecule has 55 heavy (non-hydrogen) atoms. The average Bonchev–Trinajstić information content (AvgIpc) is 3.87. The first kappa shape index (κ1) is 39.9. The maximum Gasteiger partial charge on any atom is 0.481 e. The highest BCUT2D eigenvalue weighted by molar-refractivity contribution is 6.48. The summed E-state index contributed by atoms with van der Waals surface area (Å²) in [6.07, 6.45) is 3.21. The van der Waals surface area contributed by atoms with Crippen molar-refractivity contribution in [3.8, 4) is 0 Å². The van der Waals surface area contributed by atoms with E-state index in [1.165, 1.54) is 4.90 Å². The van der Waals surface area contributed by atoms with Gasteiger partial charge in [-0.05, 0) is 78.7 Å². The Morgan fingerprint density at radius 3 is 2.33 bits per heavy atom. The van der Waals surface area contributed by atoms with E-state index in [9.17, 15) is 19.2 Å². The van der Waals surface area contributed by atoms with Gasteiger partial charge in [0.05, 0.1) is 30.8 Å². The number of amides is 4. The molecule has 1 aromatic rings. The minimum Gasteiger partial charge on any atom is -0.449 e. The molecule has 302 valence electrons. The lowest BCUT2D eigenvalue weighted by atomic mass is 9.43. The summed E-state index contributed by atoms with van der Waals surface area (Å²) in [5.74, 6) is -0.0962. The molecule has 1 aromatic carbocycles. The van der Waals surface area contributed by atoms with E-state index in [1.807, 2.05) is 45.0 Å². The van der Waals surface area contributed by atoms with Gasteiger partial charge in [0, 0.05) is 32.7 Å². The Bertz CT molecular complexity index is 1590. The van der Waals surface area contributed by atoms with Crippen LogP contribution in [0.4, 0.5) is 9.59 Å². The van der Waals surface area contributed by atoms with E-state index in [4.69, 9.17) is 23.5 Å². The maximum atomic E-state index is 14.6. The third-order valence-electron chi connectivity index (χ3n) is 13.6. The lowest BCUT2D eigenvalue weighted by Crippen LogP contribution is -2.65. The van der Waals surface area contributed by atoms with Crippen LogP contribution < -0.4 is 10.6 Å². The molecule has 4 aliphatic heterocycles. The lowest BCUT2D eigenvalue weighted by Gasteiger charge is -2.64.